The summed E-state index contributed by atoms with van der Waals surface area (Å²) in [5.74, 6) is 0.794. The molecule has 0 N–H and O–H groups in total. The maximum absolute atomic E-state index is 5.85. The van der Waals surface area contributed by atoms with Gasteiger partial charge in [0.2, 0.25) is 0 Å². The number of hydrogen-bond acceptors (Lipinski definition) is 2. The fourth-order valence-corrected chi connectivity index (χ4v) is 2.69. The molecule has 0 aliphatic rings. The van der Waals surface area contributed by atoms with Crippen LogP contribution in [0.2, 0.25) is 5.02 Å². The van der Waals surface area contributed by atoms with E-state index in [4.69, 9.17) is 16.3 Å². The van der Waals surface area contributed by atoms with Crippen LogP contribution in [0.1, 0.15) is 4.88 Å². The lowest BCUT2D eigenvalue weighted by Gasteiger charge is -2.05. The van der Waals surface area contributed by atoms with Crippen molar-refractivity contribution in [2.75, 3.05) is 0 Å². The summed E-state index contributed by atoms with van der Waals surface area (Å²) in [6, 6.07) is 9.42. The number of hydrogen-bond donors (Lipinski definition) is 0. The second-order valence-electron chi connectivity index (χ2n) is 2.94. The van der Waals surface area contributed by atoms with Crippen molar-refractivity contribution in [3.63, 3.8) is 0 Å². The topological polar surface area (TPSA) is 9.23 Å². The smallest absolute Gasteiger partial charge is 0.124 e. The molecule has 0 aliphatic carbocycles. The van der Waals surface area contributed by atoms with E-state index in [1.54, 1.807) is 11.3 Å². The molecule has 0 fully saturated rings. The van der Waals surface area contributed by atoms with Crippen LogP contribution in [0, 0.1) is 0 Å². The molecule has 0 unspecified atom stereocenters. The normalized spacial score (nSPS) is 10.3. The number of thiophene rings is 1. The monoisotopic (exact) mass is 302 g/mol. The van der Waals surface area contributed by atoms with Crippen molar-refractivity contribution in [2.24, 2.45) is 0 Å². The lowest BCUT2D eigenvalue weighted by molar-refractivity contribution is 0.309. The Hall–Kier alpha value is -0.510. The Balaban J connectivity index is 2.02. The van der Waals surface area contributed by atoms with Gasteiger partial charge in [-0.2, -0.15) is 0 Å². The highest BCUT2D eigenvalue weighted by Crippen LogP contribution is 2.25. The molecule has 1 nitrogen and oxygen atoms in total. The Labute approximate surface area is 106 Å². The van der Waals surface area contributed by atoms with Crippen molar-refractivity contribution in [3.05, 3.63) is 50.1 Å². The highest BCUT2D eigenvalue weighted by atomic mass is 79.9. The number of halogens is 2. The summed E-state index contributed by atoms with van der Waals surface area (Å²) in [7, 11) is 0. The second-order valence-corrected chi connectivity index (χ2v) is 5.23. The van der Waals surface area contributed by atoms with Gasteiger partial charge in [-0.25, -0.2) is 0 Å². The maximum atomic E-state index is 5.85. The third-order valence-electron chi connectivity index (χ3n) is 1.86. The zero-order valence-electron chi connectivity index (χ0n) is 7.74. The average molecular weight is 304 g/mol. The Kier molecular flexibility index (Phi) is 3.67. The summed E-state index contributed by atoms with van der Waals surface area (Å²) in [6.07, 6.45) is 0. The van der Waals surface area contributed by atoms with Crippen LogP contribution < -0.4 is 4.74 Å². The van der Waals surface area contributed by atoms with E-state index in [0.717, 1.165) is 10.2 Å². The maximum Gasteiger partial charge on any atom is 0.124 e. The van der Waals surface area contributed by atoms with Crippen LogP contribution in [0.25, 0.3) is 0 Å². The third-order valence-corrected chi connectivity index (χ3v) is 3.99. The molecule has 0 amide bonds. The summed E-state index contributed by atoms with van der Waals surface area (Å²) in [5.41, 5.74) is 0. The molecule has 0 aliphatic heterocycles. The van der Waals surface area contributed by atoms with Gasteiger partial charge in [0.05, 0.1) is 4.88 Å². The molecule has 0 spiro atoms. The van der Waals surface area contributed by atoms with Gasteiger partial charge in [-0.15, -0.1) is 11.3 Å². The van der Waals surface area contributed by atoms with Crippen LogP contribution in [-0.4, -0.2) is 0 Å². The van der Waals surface area contributed by atoms with Crippen LogP contribution in [0.3, 0.4) is 0 Å². The minimum absolute atomic E-state index is 0.568. The van der Waals surface area contributed by atoms with Crippen molar-refractivity contribution in [1.29, 1.82) is 0 Å². The van der Waals surface area contributed by atoms with Crippen molar-refractivity contribution in [1.82, 2.24) is 0 Å². The molecule has 0 radical (unpaired) electrons. The lowest BCUT2D eigenvalue weighted by atomic mass is 10.3. The van der Waals surface area contributed by atoms with Crippen molar-refractivity contribution < 1.29 is 4.74 Å². The van der Waals surface area contributed by atoms with E-state index in [2.05, 4.69) is 15.9 Å². The lowest BCUT2D eigenvalue weighted by Crippen LogP contribution is -1.93. The molecule has 1 heterocycles. The van der Waals surface area contributed by atoms with Gasteiger partial charge in [0, 0.05) is 9.50 Å². The molecular formula is C11H8BrClOS. The fraction of sp³-hybridized carbons (Fsp3) is 0.0909. The third kappa shape index (κ3) is 2.97. The quantitative estimate of drug-likeness (QED) is 0.795. The van der Waals surface area contributed by atoms with E-state index in [1.165, 1.54) is 4.88 Å². The first-order chi connectivity index (χ1) is 7.25. The summed E-state index contributed by atoms with van der Waals surface area (Å²) in [6.45, 7) is 0.568. The van der Waals surface area contributed by atoms with Crippen LogP contribution in [-0.2, 0) is 6.61 Å². The molecular weight excluding hydrogens is 296 g/mol. The van der Waals surface area contributed by atoms with E-state index >= 15 is 0 Å². The highest BCUT2D eigenvalue weighted by Gasteiger charge is 2.02. The zero-order valence-corrected chi connectivity index (χ0v) is 10.9. The van der Waals surface area contributed by atoms with Crippen molar-refractivity contribution in [3.8, 4) is 5.75 Å². The van der Waals surface area contributed by atoms with E-state index in [-0.39, 0.29) is 0 Å². The first kappa shape index (κ1) is 11.0. The molecule has 2 aromatic rings. The van der Waals surface area contributed by atoms with Crippen LogP contribution in [0.15, 0.2) is 40.2 Å². The van der Waals surface area contributed by atoms with Crippen LogP contribution in [0.5, 0.6) is 5.75 Å². The second kappa shape index (κ2) is 5.01. The van der Waals surface area contributed by atoms with Gasteiger partial charge in [-0.05, 0) is 45.6 Å². The Morgan fingerprint density at radius 1 is 1.33 bits per heavy atom. The van der Waals surface area contributed by atoms with Gasteiger partial charge >= 0.3 is 0 Å². The molecule has 78 valence electrons. The van der Waals surface area contributed by atoms with E-state index in [0.29, 0.717) is 11.6 Å². The molecule has 0 saturated carbocycles. The van der Waals surface area contributed by atoms with E-state index in [9.17, 15) is 0 Å². The molecule has 1 aromatic carbocycles. The van der Waals surface area contributed by atoms with Crippen molar-refractivity contribution in [2.45, 2.75) is 6.61 Å². The standard InChI is InChI=1S/C11H8BrClOS/c12-10-4-5-15-11(10)7-14-9-3-1-2-8(13)6-9/h1-6H,7H2. The molecule has 0 saturated heterocycles. The van der Waals surface area contributed by atoms with Crippen LogP contribution >= 0.6 is 38.9 Å². The number of benzene rings is 1. The molecule has 2 rings (SSSR count). The fourth-order valence-electron chi connectivity index (χ4n) is 1.13. The molecule has 4 heteroatoms. The highest BCUT2D eigenvalue weighted by molar-refractivity contribution is 9.10. The van der Waals surface area contributed by atoms with Gasteiger partial charge < -0.3 is 4.74 Å². The predicted molar refractivity (Wildman–Crippen MR) is 67.8 cm³/mol. The molecule has 15 heavy (non-hydrogen) atoms. The Bertz CT molecular complexity index is 455. The Morgan fingerprint density at radius 2 is 2.20 bits per heavy atom. The predicted octanol–water partition coefficient (Wildman–Crippen LogP) is 4.74. The summed E-state index contributed by atoms with van der Waals surface area (Å²) >= 11 is 11.0. The molecule has 0 bridgehead atoms. The van der Waals surface area contributed by atoms with E-state index in [1.807, 2.05) is 35.7 Å². The van der Waals surface area contributed by atoms with E-state index < -0.39 is 0 Å². The van der Waals surface area contributed by atoms with Gasteiger partial charge in [-0.3, -0.25) is 0 Å². The first-order valence-electron chi connectivity index (χ1n) is 4.36. The largest absolute Gasteiger partial charge is 0.488 e. The molecule has 0 atom stereocenters. The van der Waals surface area contributed by atoms with Gasteiger partial charge in [0.25, 0.3) is 0 Å². The van der Waals surface area contributed by atoms with Crippen LogP contribution in [0.4, 0.5) is 0 Å². The van der Waals surface area contributed by atoms with Gasteiger partial charge in [-0.1, -0.05) is 17.7 Å². The minimum atomic E-state index is 0.568. The zero-order chi connectivity index (χ0) is 10.7. The SMILES string of the molecule is Clc1cccc(OCc2sccc2Br)c1. The minimum Gasteiger partial charge on any atom is -0.488 e. The molecule has 1 aromatic heterocycles. The summed E-state index contributed by atoms with van der Waals surface area (Å²) in [5, 5.41) is 2.72. The summed E-state index contributed by atoms with van der Waals surface area (Å²) in [4.78, 5) is 1.18. The van der Waals surface area contributed by atoms with Gasteiger partial charge in [0.15, 0.2) is 0 Å². The van der Waals surface area contributed by atoms with Crippen molar-refractivity contribution >= 4 is 38.9 Å². The summed E-state index contributed by atoms with van der Waals surface area (Å²) < 4.78 is 6.70. The Morgan fingerprint density at radius 3 is 2.87 bits per heavy atom. The van der Waals surface area contributed by atoms with Gasteiger partial charge in [0.1, 0.15) is 12.4 Å². The average Bonchev–Trinajstić information content (AvgIpc) is 2.61. The number of ether oxygens (including phenoxy) is 1. The first-order valence-corrected chi connectivity index (χ1v) is 6.41. The number of rotatable bonds is 3.